The minimum absolute atomic E-state index is 0.231. The third kappa shape index (κ3) is 5.76. The molecule has 0 saturated carbocycles. The maximum atomic E-state index is 12.1. The van der Waals surface area contributed by atoms with Crippen molar-refractivity contribution >= 4 is 23.3 Å². The molecule has 1 aliphatic heterocycles. The first-order chi connectivity index (χ1) is 11.9. The zero-order valence-corrected chi connectivity index (χ0v) is 16.3. The average molecular weight is 369 g/mol. The molecule has 140 valence electrons. The predicted octanol–water partition coefficient (Wildman–Crippen LogP) is 2.80. The second-order valence-corrected chi connectivity index (χ2v) is 7.07. The van der Waals surface area contributed by atoms with E-state index in [1.807, 2.05) is 13.0 Å². The third-order valence-corrected chi connectivity index (χ3v) is 5.15. The van der Waals surface area contributed by atoms with E-state index in [2.05, 4.69) is 34.4 Å². The summed E-state index contributed by atoms with van der Waals surface area (Å²) in [5, 5.41) is 6.37. The SMILES string of the molecule is COc1cc(Cl)c(C)cc1NC(=O)NCCC(C)N1CCN(C)CC1. The molecular weight excluding hydrogens is 340 g/mol. The van der Waals surface area contributed by atoms with Crippen LogP contribution in [0.5, 0.6) is 5.75 Å². The lowest BCUT2D eigenvalue weighted by atomic mass is 10.1. The summed E-state index contributed by atoms with van der Waals surface area (Å²) in [6.45, 7) is 9.13. The second kappa shape index (κ2) is 9.27. The Morgan fingerprint density at radius 2 is 2.00 bits per heavy atom. The Balaban J connectivity index is 1.78. The van der Waals surface area contributed by atoms with Crippen LogP contribution >= 0.6 is 11.6 Å². The van der Waals surface area contributed by atoms with Crippen molar-refractivity contribution in [3.63, 3.8) is 0 Å². The third-order valence-electron chi connectivity index (χ3n) is 4.74. The van der Waals surface area contributed by atoms with E-state index >= 15 is 0 Å². The fourth-order valence-electron chi connectivity index (χ4n) is 2.94. The van der Waals surface area contributed by atoms with E-state index in [9.17, 15) is 4.79 Å². The van der Waals surface area contributed by atoms with Gasteiger partial charge in [0.15, 0.2) is 0 Å². The van der Waals surface area contributed by atoms with Crippen LogP contribution in [-0.2, 0) is 0 Å². The highest BCUT2D eigenvalue weighted by Gasteiger charge is 2.19. The highest BCUT2D eigenvalue weighted by Crippen LogP contribution is 2.30. The molecule has 0 aromatic heterocycles. The summed E-state index contributed by atoms with van der Waals surface area (Å²) in [6.07, 6.45) is 0.925. The van der Waals surface area contributed by atoms with Crippen LogP contribution in [0.3, 0.4) is 0 Å². The minimum atomic E-state index is -0.231. The number of amides is 2. The summed E-state index contributed by atoms with van der Waals surface area (Å²) in [6, 6.07) is 3.75. The molecule has 1 atom stereocenters. The van der Waals surface area contributed by atoms with Crippen molar-refractivity contribution < 1.29 is 9.53 Å². The number of ether oxygens (including phenoxy) is 1. The molecule has 1 aromatic rings. The van der Waals surface area contributed by atoms with Gasteiger partial charge in [-0.25, -0.2) is 4.79 Å². The van der Waals surface area contributed by atoms with E-state index in [0.717, 1.165) is 38.2 Å². The fourth-order valence-corrected chi connectivity index (χ4v) is 3.09. The highest BCUT2D eigenvalue weighted by atomic mass is 35.5. The van der Waals surface area contributed by atoms with Crippen LogP contribution in [0, 0.1) is 6.92 Å². The first-order valence-electron chi connectivity index (χ1n) is 8.72. The molecule has 1 aliphatic rings. The van der Waals surface area contributed by atoms with Crippen molar-refractivity contribution in [2.24, 2.45) is 0 Å². The van der Waals surface area contributed by atoms with Gasteiger partial charge in [0.25, 0.3) is 0 Å². The number of nitrogens with zero attached hydrogens (tertiary/aromatic N) is 2. The summed E-state index contributed by atoms with van der Waals surface area (Å²) < 4.78 is 5.28. The minimum Gasteiger partial charge on any atom is -0.495 e. The Labute approximate surface area is 155 Å². The van der Waals surface area contributed by atoms with E-state index in [1.165, 1.54) is 0 Å². The summed E-state index contributed by atoms with van der Waals surface area (Å²) in [7, 11) is 3.71. The summed E-state index contributed by atoms with van der Waals surface area (Å²) >= 11 is 6.09. The molecule has 0 spiro atoms. The van der Waals surface area contributed by atoms with E-state index < -0.39 is 0 Å². The van der Waals surface area contributed by atoms with Crippen molar-refractivity contribution in [1.82, 2.24) is 15.1 Å². The Morgan fingerprint density at radius 1 is 1.32 bits per heavy atom. The predicted molar refractivity (Wildman–Crippen MR) is 103 cm³/mol. The Hall–Kier alpha value is -1.50. The van der Waals surface area contributed by atoms with Gasteiger partial charge in [-0.2, -0.15) is 0 Å². The molecule has 2 N–H and O–H groups in total. The van der Waals surface area contributed by atoms with Crippen LogP contribution in [0.25, 0.3) is 0 Å². The molecule has 0 radical (unpaired) electrons. The van der Waals surface area contributed by atoms with Crippen molar-refractivity contribution in [1.29, 1.82) is 0 Å². The molecule has 1 fully saturated rings. The van der Waals surface area contributed by atoms with E-state index in [4.69, 9.17) is 16.3 Å². The standard InChI is InChI=1S/C18H29ClN4O2/c1-13-11-16(17(25-4)12-15(13)19)21-18(24)20-6-5-14(2)23-9-7-22(3)8-10-23/h11-12,14H,5-10H2,1-4H3,(H2,20,21,24). The zero-order chi connectivity index (χ0) is 18.4. The molecule has 0 aliphatic carbocycles. The molecule has 1 heterocycles. The van der Waals surface area contributed by atoms with Crippen molar-refractivity contribution in [2.45, 2.75) is 26.3 Å². The number of halogens is 1. The number of benzene rings is 1. The number of carbonyl (C=O) groups is 1. The maximum Gasteiger partial charge on any atom is 0.319 e. The van der Waals surface area contributed by atoms with Crippen molar-refractivity contribution in [3.8, 4) is 5.75 Å². The maximum absolute atomic E-state index is 12.1. The van der Waals surface area contributed by atoms with E-state index in [0.29, 0.717) is 29.0 Å². The summed E-state index contributed by atoms with van der Waals surface area (Å²) in [4.78, 5) is 17.0. The molecular formula is C18H29ClN4O2. The quantitative estimate of drug-likeness (QED) is 0.810. The van der Waals surface area contributed by atoms with Crippen LogP contribution in [0.4, 0.5) is 10.5 Å². The van der Waals surface area contributed by atoms with E-state index in [-0.39, 0.29) is 6.03 Å². The number of hydrogen-bond donors (Lipinski definition) is 2. The largest absolute Gasteiger partial charge is 0.495 e. The monoisotopic (exact) mass is 368 g/mol. The molecule has 1 aromatic carbocycles. The zero-order valence-electron chi connectivity index (χ0n) is 15.6. The Bertz CT molecular complexity index is 589. The summed E-state index contributed by atoms with van der Waals surface area (Å²) in [5.74, 6) is 0.552. The van der Waals surface area contributed by atoms with Gasteiger partial charge in [0, 0.05) is 49.9 Å². The Morgan fingerprint density at radius 3 is 2.64 bits per heavy atom. The van der Waals surface area contributed by atoms with Crippen LogP contribution in [0.1, 0.15) is 18.9 Å². The lowest BCUT2D eigenvalue weighted by Crippen LogP contribution is -2.48. The van der Waals surface area contributed by atoms with Crippen LogP contribution < -0.4 is 15.4 Å². The number of anilines is 1. The van der Waals surface area contributed by atoms with Gasteiger partial charge in [0.1, 0.15) is 5.75 Å². The van der Waals surface area contributed by atoms with Crippen molar-refractivity contribution in [2.75, 3.05) is 52.2 Å². The van der Waals surface area contributed by atoms with Gasteiger partial charge in [-0.3, -0.25) is 4.90 Å². The highest BCUT2D eigenvalue weighted by molar-refractivity contribution is 6.31. The molecule has 6 nitrogen and oxygen atoms in total. The van der Waals surface area contributed by atoms with E-state index in [1.54, 1.807) is 13.2 Å². The fraction of sp³-hybridized carbons (Fsp3) is 0.611. The van der Waals surface area contributed by atoms with Crippen molar-refractivity contribution in [3.05, 3.63) is 22.7 Å². The molecule has 2 rings (SSSR count). The number of carbonyl (C=O) groups excluding carboxylic acids is 1. The van der Waals surface area contributed by atoms with Gasteiger partial charge in [-0.1, -0.05) is 11.6 Å². The lowest BCUT2D eigenvalue weighted by Gasteiger charge is -2.36. The molecule has 1 unspecified atom stereocenters. The number of piperazine rings is 1. The van der Waals surface area contributed by atoms with Crippen LogP contribution in [0.2, 0.25) is 5.02 Å². The molecule has 7 heteroatoms. The number of likely N-dealkylation sites (N-methyl/N-ethyl adjacent to an activating group) is 1. The smallest absolute Gasteiger partial charge is 0.319 e. The van der Waals surface area contributed by atoms with Gasteiger partial charge in [-0.15, -0.1) is 0 Å². The number of rotatable bonds is 6. The Kier molecular flexibility index (Phi) is 7.35. The average Bonchev–Trinajstić information content (AvgIpc) is 2.58. The molecule has 2 amide bonds. The lowest BCUT2D eigenvalue weighted by molar-refractivity contribution is 0.115. The molecule has 1 saturated heterocycles. The molecule has 0 bridgehead atoms. The summed E-state index contributed by atoms with van der Waals surface area (Å²) in [5.41, 5.74) is 1.51. The first-order valence-corrected chi connectivity index (χ1v) is 9.10. The van der Waals surface area contributed by atoms with Crippen LogP contribution in [0.15, 0.2) is 12.1 Å². The number of urea groups is 1. The normalized spacial score (nSPS) is 17.2. The van der Waals surface area contributed by atoms with Crippen LogP contribution in [-0.4, -0.2) is 68.8 Å². The van der Waals surface area contributed by atoms with Gasteiger partial charge < -0.3 is 20.3 Å². The van der Waals surface area contributed by atoms with Gasteiger partial charge in [0.05, 0.1) is 12.8 Å². The number of hydrogen-bond acceptors (Lipinski definition) is 4. The molecule has 25 heavy (non-hydrogen) atoms. The van der Waals surface area contributed by atoms with Gasteiger partial charge >= 0.3 is 6.03 Å². The second-order valence-electron chi connectivity index (χ2n) is 6.66. The van der Waals surface area contributed by atoms with Gasteiger partial charge in [-0.05, 0) is 38.9 Å². The number of aryl methyl sites for hydroxylation is 1. The number of nitrogens with one attached hydrogen (secondary N) is 2. The topological polar surface area (TPSA) is 56.8 Å². The number of methoxy groups -OCH3 is 1. The first kappa shape index (κ1) is 19.8. The van der Waals surface area contributed by atoms with Gasteiger partial charge in [0.2, 0.25) is 0 Å².